The van der Waals surface area contributed by atoms with E-state index >= 15 is 0 Å². The van der Waals surface area contributed by atoms with Crippen molar-refractivity contribution in [1.29, 1.82) is 0 Å². The number of hydrogen-bond donors (Lipinski definition) is 1. The Labute approximate surface area is 129 Å². The third kappa shape index (κ3) is 3.78. The first-order valence-electron chi connectivity index (χ1n) is 6.88. The molecule has 5 heteroatoms. The Hall–Kier alpha value is -0.970. The zero-order valence-electron chi connectivity index (χ0n) is 11.8. The van der Waals surface area contributed by atoms with Gasteiger partial charge in [-0.05, 0) is 25.6 Å². The molecule has 0 fully saturated rings. The van der Waals surface area contributed by atoms with E-state index < -0.39 is 0 Å². The van der Waals surface area contributed by atoms with Crippen LogP contribution in [0.5, 0.6) is 0 Å². The van der Waals surface area contributed by atoms with E-state index in [1.54, 1.807) is 11.8 Å². The summed E-state index contributed by atoms with van der Waals surface area (Å²) in [5.41, 5.74) is 0. The molecule has 0 aliphatic carbocycles. The molecule has 0 radical (unpaired) electrons. The number of hydrogen-bond acceptors (Lipinski definition) is 3. The first-order chi connectivity index (χ1) is 9.76. The number of benzene rings is 1. The summed E-state index contributed by atoms with van der Waals surface area (Å²) in [6.45, 7) is 6.11. The Balaban J connectivity index is 2.08. The van der Waals surface area contributed by atoms with Crippen molar-refractivity contribution in [2.45, 2.75) is 31.3 Å². The first kappa shape index (κ1) is 15.4. The van der Waals surface area contributed by atoms with Crippen LogP contribution in [0.2, 0.25) is 5.02 Å². The quantitative estimate of drug-likeness (QED) is 0.784. The molecule has 1 N–H and O–H groups in total. The number of aryl methyl sites for hydroxylation is 1. The number of aromatic nitrogens is 2. The fraction of sp³-hybridized carbons (Fsp3) is 0.400. The summed E-state index contributed by atoms with van der Waals surface area (Å²) in [4.78, 5) is 5.61. The fourth-order valence-corrected chi connectivity index (χ4v) is 3.40. The van der Waals surface area contributed by atoms with Crippen LogP contribution in [0, 0.1) is 0 Å². The minimum absolute atomic E-state index is 0.233. The van der Waals surface area contributed by atoms with E-state index in [9.17, 15) is 0 Å². The van der Waals surface area contributed by atoms with E-state index in [-0.39, 0.29) is 6.04 Å². The molecule has 1 aromatic heterocycles. The normalized spacial score (nSPS) is 12.6. The largest absolute Gasteiger partial charge is 0.334 e. The van der Waals surface area contributed by atoms with E-state index in [1.807, 2.05) is 30.6 Å². The van der Waals surface area contributed by atoms with E-state index in [0.717, 1.165) is 34.6 Å². The average Bonchev–Trinajstić information content (AvgIpc) is 2.93. The second-order valence-electron chi connectivity index (χ2n) is 4.42. The number of nitrogens with zero attached hydrogens (tertiary/aromatic N) is 2. The van der Waals surface area contributed by atoms with Crippen LogP contribution >= 0.6 is 23.4 Å². The Morgan fingerprint density at radius 2 is 2.15 bits per heavy atom. The first-order valence-corrected chi connectivity index (χ1v) is 8.24. The maximum atomic E-state index is 6.21. The number of rotatable bonds is 7. The second-order valence-corrected chi connectivity index (χ2v) is 5.89. The van der Waals surface area contributed by atoms with Crippen molar-refractivity contribution in [2.24, 2.45) is 0 Å². The second kappa shape index (κ2) is 7.72. The summed E-state index contributed by atoms with van der Waals surface area (Å²) in [5.74, 6) is 2.00. The lowest BCUT2D eigenvalue weighted by atomic mass is 10.3. The van der Waals surface area contributed by atoms with Crippen molar-refractivity contribution in [2.75, 3.05) is 12.3 Å². The summed E-state index contributed by atoms with van der Waals surface area (Å²) >= 11 is 7.97. The van der Waals surface area contributed by atoms with Crippen LogP contribution in [0.1, 0.15) is 25.7 Å². The molecule has 2 rings (SSSR count). The Morgan fingerprint density at radius 3 is 2.85 bits per heavy atom. The number of thioether (sulfide) groups is 1. The topological polar surface area (TPSA) is 29.9 Å². The van der Waals surface area contributed by atoms with Crippen molar-refractivity contribution < 1.29 is 0 Å². The lowest BCUT2D eigenvalue weighted by Crippen LogP contribution is -2.26. The maximum absolute atomic E-state index is 6.21. The van der Waals surface area contributed by atoms with Gasteiger partial charge >= 0.3 is 0 Å². The molecule has 1 aromatic carbocycles. The van der Waals surface area contributed by atoms with Crippen molar-refractivity contribution in [3.05, 3.63) is 47.5 Å². The zero-order chi connectivity index (χ0) is 14.4. The van der Waals surface area contributed by atoms with Crippen molar-refractivity contribution >= 4 is 23.4 Å². The third-order valence-corrected chi connectivity index (χ3v) is 4.70. The van der Waals surface area contributed by atoms with Gasteiger partial charge in [-0.2, -0.15) is 0 Å². The van der Waals surface area contributed by atoms with Crippen LogP contribution in [-0.2, 0) is 6.54 Å². The van der Waals surface area contributed by atoms with Crippen LogP contribution in [-0.4, -0.2) is 21.8 Å². The average molecular weight is 310 g/mol. The number of halogens is 1. The van der Waals surface area contributed by atoms with Gasteiger partial charge in [-0.1, -0.05) is 30.7 Å². The van der Waals surface area contributed by atoms with E-state index in [0.29, 0.717) is 0 Å². The Kier molecular flexibility index (Phi) is 5.95. The molecule has 0 amide bonds. The molecule has 3 nitrogen and oxygen atoms in total. The maximum Gasteiger partial charge on any atom is 0.126 e. The summed E-state index contributed by atoms with van der Waals surface area (Å²) in [5, 5.41) is 4.31. The Morgan fingerprint density at radius 1 is 1.35 bits per heavy atom. The van der Waals surface area contributed by atoms with E-state index in [4.69, 9.17) is 11.6 Å². The molecule has 1 heterocycles. The van der Waals surface area contributed by atoms with Crippen molar-refractivity contribution in [3.63, 3.8) is 0 Å². The molecule has 0 saturated carbocycles. The van der Waals surface area contributed by atoms with Gasteiger partial charge in [0.2, 0.25) is 0 Å². The molecule has 108 valence electrons. The lowest BCUT2D eigenvalue weighted by Gasteiger charge is -2.18. The highest BCUT2D eigenvalue weighted by molar-refractivity contribution is 7.99. The van der Waals surface area contributed by atoms with Crippen LogP contribution in [0.25, 0.3) is 0 Å². The smallest absolute Gasteiger partial charge is 0.126 e. The van der Waals surface area contributed by atoms with Crippen LogP contribution in [0.4, 0.5) is 0 Å². The molecule has 1 atom stereocenters. The summed E-state index contributed by atoms with van der Waals surface area (Å²) in [6, 6.07) is 8.19. The minimum Gasteiger partial charge on any atom is -0.334 e. The summed E-state index contributed by atoms with van der Waals surface area (Å²) in [6.07, 6.45) is 3.89. The van der Waals surface area contributed by atoms with Crippen LogP contribution in [0.3, 0.4) is 0 Å². The predicted molar refractivity (Wildman–Crippen MR) is 86.5 cm³/mol. The van der Waals surface area contributed by atoms with Crippen LogP contribution in [0.15, 0.2) is 41.6 Å². The SMILES string of the molecule is CCNC(CSc1ccccc1Cl)c1nccn1CC. The zero-order valence-corrected chi connectivity index (χ0v) is 13.4. The van der Waals surface area contributed by atoms with Crippen molar-refractivity contribution in [3.8, 4) is 0 Å². The number of imidazole rings is 1. The highest BCUT2D eigenvalue weighted by atomic mass is 35.5. The molecular formula is C15H20ClN3S. The van der Waals surface area contributed by atoms with E-state index in [2.05, 4.69) is 34.8 Å². The van der Waals surface area contributed by atoms with Gasteiger partial charge in [0.05, 0.1) is 11.1 Å². The summed E-state index contributed by atoms with van der Waals surface area (Å²) in [7, 11) is 0. The highest BCUT2D eigenvalue weighted by Crippen LogP contribution is 2.29. The monoisotopic (exact) mass is 309 g/mol. The van der Waals surface area contributed by atoms with E-state index in [1.165, 1.54) is 0 Å². The van der Waals surface area contributed by atoms with Gasteiger partial charge in [0.1, 0.15) is 5.82 Å². The van der Waals surface area contributed by atoms with Crippen molar-refractivity contribution in [1.82, 2.24) is 14.9 Å². The predicted octanol–water partition coefficient (Wildman–Crippen LogP) is 4.00. The fourth-order valence-electron chi connectivity index (χ4n) is 2.10. The molecule has 0 saturated heterocycles. The lowest BCUT2D eigenvalue weighted by molar-refractivity contribution is 0.539. The third-order valence-electron chi connectivity index (χ3n) is 3.09. The molecule has 0 aliphatic rings. The Bertz CT molecular complexity index is 541. The summed E-state index contributed by atoms with van der Waals surface area (Å²) < 4.78 is 2.18. The molecule has 0 spiro atoms. The van der Waals surface area contributed by atoms with Gasteiger partial charge in [-0.3, -0.25) is 0 Å². The van der Waals surface area contributed by atoms with Gasteiger partial charge in [0, 0.05) is 29.6 Å². The molecular weight excluding hydrogens is 290 g/mol. The van der Waals surface area contributed by atoms with Crippen LogP contribution < -0.4 is 5.32 Å². The van der Waals surface area contributed by atoms with Gasteiger partial charge in [-0.25, -0.2) is 4.98 Å². The highest BCUT2D eigenvalue weighted by Gasteiger charge is 2.16. The number of nitrogens with one attached hydrogen (secondary N) is 1. The molecule has 1 unspecified atom stereocenters. The minimum atomic E-state index is 0.233. The van der Waals surface area contributed by atoms with Gasteiger partial charge in [0.25, 0.3) is 0 Å². The molecule has 2 aromatic rings. The van der Waals surface area contributed by atoms with Gasteiger partial charge in [0.15, 0.2) is 0 Å². The molecule has 0 bridgehead atoms. The molecule has 20 heavy (non-hydrogen) atoms. The van der Waals surface area contributed by atoms with Gasteiger partial charge < -0.3 is 9.88 Å². The standard InChI is InChI=1S/C15H20ClN3S/c1-3-17-13(15-18-9-10-19(15)4-2)11-20-14-8-6-5-7-12(14)16/h5-10,13,17H,3-4,11H2,1-2H3. The molecule has 0 aliphatic heterocycles. The van der Waals surface area contributed by atoms with Gasteiger partial charge in [-0.15, -0.1) is 11.8 Å².